The molecule has 1 amide bonds. The summed E-state index contributed by atoms with van der Waals surface area (Å²) in [6, 6.07) is 20.5. The van der Waals surface area contributed by atoms with E-state index in [-0.39, 0.29) is 12.2 Å². The number of fused-ring (bicyclic) bond motifs is 1. The number of anilines is 1. The summed E-state index contributed by atoms with van der Waals surface area (Å²) in [6.07, 6.45) is -4.46. The van der Waals surface area contributed by atoms with E-state index in [9.17, 15) is 22.8 Å². The van der Waals surface area contributed by atoms with E-state index in [1.165, 1.54) is 6.07 Å². The molecule has 0 atom stereocenters. The Hall–Kier alpha value is -3.94. The molecule has 0 saturated carbocycles. The number of rotatable bonds is 4. The van der Waals surface area contributed by atoms with Gasteiger partial charge in [-0.15, -0.1) is 0 Å². The van der Waals surface area contributed by atoms with Crippen molar-refractivity contribution in [3.63, 3.8) is 0 Å². The van der Waals surface area contributed by atoms with Crippen LogP contribution in [0.5, 0.6) is 0 Å². The molecule has 0 unspecified atom stereocenters. The molecule has 0 radical (unpaired) electrons. The van der Waals surface area contributed by atoms with Gasteiger partial charge in [0.2, 0.25) is 5.91 Å². The number of benzene rings is 3. The lowest BCUT2D eigenvalue weighted by atomic mass is 10.1. The monoisotopic (exact) mass is 423 g/mol. The minimum Gasteiger partial charge on any atom is -0.324 e. The smallest absolute Gasteiger partial charge is 0.324 e. The predicted octanol–water partition coefficient (Wildman–Crippen LogP) is 4.72. The largest absolute Gasteiger partial charge is 0.416 e. The number of amides is 1. The summed E-state index contributed by atoms with van der Waals surface area (Å²) in [4.78, 5) is 24.5. The van der Waals surface area contributed by atoms with Crippen LogP contribution in [0.4, 0.5) is 18.9 Å². The first-order valence-corrected chi connectivity index (χ1v) is 9.34. The lowest BCUT2D eigenvalue weighted by Gasteiger charge is -2.10. The molecule has 0 bridgehead atoms. The maximum Gasteiger partial charge on any atom is 0.416 e. The zero-order valence-electron chi connectivity index (χ0n) is 16.1. The van der Waals surface area contributed by atoms with E-state index in [0.29, 0.717) is 5.69 Å². The zero-order chi connectivity index (χ0) is 22.0. The third kappa shape index (κ3) is 4.63. The normalized spacial score (nSPS) is 11.5. The van der Waals surface area contributed by atoms with Crippen LogP contribution in [0, 0.1) is 0 Å². The van der Waals surface area contributed by atoms with E-state index in [0.717, 1.165) is 45.3 Å². The topological polar surface area (TPSA) is 64.0 Å². The van der Waals surface area contributed by atoms with Gasteiger partial charge in [0.15, 0.2) is 0 Å². The van der Waals surface area contributed by atoms with Crippen LogP contribution in [-0.2, 0) is 17.5 Å². The van der Waals surface area contributed by atoms with Crippen molar-refractivity contribution in [2.75, 3.05) is 5.32 Å². The third-order valence-corrected chi connectivity index (χ3v) is 4.70. The number of carbonyl (C=O) groups is 1. The molecule has 3 aromatic carbocycles. The summed E-state index contributed by atoms with van der Waals surface area (Å²) in [5.74, 6) is -0.579. The molecule has 31 heavy (non-hydrogen) atoms. The Morgan fingerprint density at radius 2 is 1.61 bits per heavy atom. The summed E-state index contributed by atoms with van der Waals surface area (Å²) in [6.45, 7) is -0.374. The maximum atomic E-state index is 12.6. The number of hydrogen-bond acceptors (Lipinski definition) is 3. The van der Waals surface area contributed by atoms with Crippen molar-refractivity contribution in [2.24, 2.45) is 0 Å². The summed E-state index contributed by atoms with van der Waals surface area (Å²) < 4.78 is 39.0. The van der Waals surface area contributed by atoms with Crippen molar-refractivity contribution in [2.45, 2.75) is 12.7 Å². The van der Waals surface area contributed by atoms with E-state index in [1.807, 2.05) is 42.5 Å². The molecule has 0 aliphatic carbocycles. The first-order valence-electron chi connectivity index (χ1n) is 9.34. The Balaban J connectivity index is 1.53. The van der Waals surface area contributed by atoms with Gasteiger partial charge >= 0.3 is 6.18 Å². The van der Waals surface area contributed by atoms with Crippen LogP contribution < -0.4 is 10.9 Å². The second kappa shape index (κ2) is 8.06. The number of nitrogens with zero attached hydrogens (tertiary/aromatic N) is 2. The second-order valence-electron chi connectivity index (χ2n) is 6.90. The first-order chi connectivity index (χ1) is 14.8. The number of carbonyl (C=O) groups excluding carboxylic acids is 1. The van der Waals surface area contributed by atoms with Gasteiger partial charge < -0.3 is 5.32 Å². The molecule has 1 aromatic heterocycles. The van der Waals surface area contributed by atoms with E-state index < -0.39 is 23.2 Å². The van der Waals surface area contributed by atoms with Gasteiger partial charge in [-0.1, -0.05) is 36.4 Å². The Bertz CT molecular complexity index is 1310. The molecule has 0 saturated heterocycles. The second-order valence-corrected chi connectivity index (χ2v) is 6.90. The summed E-state index contributed by atoms with van der Waals surface area (Å²) in [5.41, 5.74) is 0.221. The standard InChI is InChI=1S/C23H16F3N3O2/c24-23(25,26)18-7-9-19(10-8-18)27-21(30)14-29-22(31)12-11-20(28-29)17-6-5-15-3-1-2-4-16(15)13-17/h1-13H,14H2,(H,27,30). The minimum absolute atomic E-state index is 0.191. The highest BCUT2D eigenvalue weighted by Gasteiger charge is 2.30. The van der Waals surface area contributed by atoms with Gasteiger partial charge in [0.1, 0.15) is 6.54 Å². The quantitative estimate of drug-likeness (QED) is 0.517. The highest BCUT2D eigenvalue weighted by atomic mass is 19.4. The summed E-state index contributed by atoms with van der Waals surface area (Å²) >= 11 is 0. The van der Waals surface area contributed by atoms with Gasteiger partial charge in [0.25, 0.3) is 5.56 Å². The Labute approximate surface area is 174 Å². The fraction of sp³-hybridized carbons (Fsp3) is 0.0870. The average Bonchev–Trinajstić information content (AvgIpc) is 2.74. The van der Waals surface area contributed by atoms with Gasteiger partial charge in [-0.2, -0.15) is 18.3 Å². The van der Waals surface area contributed by atoms with Crippen LogP contribution in [0.15, 0.2) is 83.7 Å². The Morgan fingerprint density at radius 1 is 0.903 bits per heavy atom. The lowest BCUT2D eigenvalue weighted by molar-refractivity contribution is -0.137. The van der Waals surface area contributed by atoms with Crippen molar-refractivity contribution in [1.29, 1.82) is 0 Å². The van der Waals surface area contributed by atoms with Gasteiger partial charge in [-0.3, -0.25) is 9.59 Å². The zero-order valence-corrected chi connectivity index (χ0v) is 16.1. The Morgan fingerprint density at radius 3 is 2.32 bits per heavy atom. The number of halogens is 3. The molecule has 0 fully saturated rings. The van der Waals surface area contributed by atoms with Gasteiger partial charge in [-0.25, -0.2) is 4.68 Å². The molecule has 0 aliphatic heterocycles. The predicted molar refractivity (Wildman–Crippen MR) is 112 cm³/mol. The van der Waals surface area contributed by atoms with Crippen LogP contribution in [0.1, 0.15) is 5.56 Å². The van der Waals surface area contributed by atoms with Crippen LogP contribution in [0.25, 0.3) is 22.0 Å². The molecule has 8 heteroatoms. The van der Waals surface area contributed by atoms with E-state index in [2.05, 4.69) is 10.4 Å². The van der Waals surface area contributed by atoms with Crippen molar-refractivity contribution < 1.29 is 18.0 Å². The van der Waals surface area contributed by atoms with Crippen molar-refractivity contribution in [3.8, 4) is 11.3 Å². The highest BCUT2D eigenvalue weighted by Crippen LogP contribution is 2.29. The molecule has 0 aliphatic rings. The van der Waals surface area contributed by atoms with Crippen LogP contribution in [0.2, 0.25) is 0 Å². The SMILES string of the molecule is O=C(Cn1nc(-c2ccc3ccccc3c2)ccc1=O)Nc1ccc(C(F)(F)F)cc1. The molecule has 4 aromatic rings. The van der Waals surface area contributed by atoms with Crippen LogP contribution >= 0.6 is 0 Å². The Kier molecular flexibility index (Phi) is 5.29. The van der Waals surface area contributed by atoms with Gasteiger partial charge in [0, 0.05) is 17.3 Å². The molecule has 0 spiro atoms. The third-order valence-electron chi connectivity index (χ3n) is 4.70. The lowest BCUT2D eigenvalue weighted by Crippen LogP contribution is -2.29. The van der Waals surface area contributed by atoms with Crippen LogP contribution in [-0.4, -0.2) is 15.7 Å². The minimum atomic E-state index is -4.46. The molecular weight excluding hydrogens is 407 g/mol. The number of hydrogen-bond donors (Lipinski definition) is 1. The van der Waals surface area contributed by atoms with E-state index in [4.69, 9.17) is 0 Å². The molecular formula is C23H16F3N3O2. The number of nitrogens with one attached hydrogen (secondary N) is 1. The molecule has 1 heterocycles. The maximum absolute atomic E-state index is 12.6. The fourth-order valence-corrected chi connectivity index (χ4v) is 3.14. The molecule has 4 rings (SSSR count). The van der Waals surface area contributed by atoms with Crippen molar-refractivity contribution >= 4 is 22.4 Å². The van der Waals surface area contributed by atoms with Gasteiger partial charge in [0.05, 0.1) is 11.3 Å². The van der Waals surface area contributed by atoms with E-state index in [1.54, 1.807) is 6.07 Å². The van der Waals surface area contributed by atoms with E-state index >= 15 is 0 Å². The molecule has 5 nitrogen and oxygen atoms in total. The number of alkyl halides is 3. The highest BCUT2D eigenvalue weighted by molar-refractivity contribution is 5.90. The molecule has 1 N–H and O–H groups in total. The fourth-order valence-electron chi connectivity index (χ4n) is 3.14. The summed E-state index contributed by atoms with van der Waals surface area (Å²) in [7, 11) is 0. The molecule has 156 valence electrons. The summed E-state index contributed by atoms with van der Waals surface area (Å²) in [5, 5.41) is 8.82. The first kappa shape index (κ1) is 20.3. The van der Waals surface area contributed by atoms with Crippen molar-refractivity contribution in [3.05, 3.63) is 94.8 Å². The number of aromatic nitrogens is 2. The van der Waals surface area contributed by atoms with Gasteiger partial charge in [-0.05, 0) is 47.2 Å². The van der Waals surface area contributed by atoms with Crippen LogP contribution in [0.3, 0.4) is 0 Å². The van der Waals surface area contributed by atoms with Crippen molar-refractivity contribution in [1.82, 2.24) is 9.78 Å². The average molecular weight is 423 g/mol.